The molecular weight excluding hydrogens is 397 g/mol. The summed E-state index contributed by atoms with van der Waals surface area (Å²) in [7, 11) is 0. The fourth-order valence-electron chi connectivity index (χ4n) is 3.51. The number of nitrogens with zero attached hydrogens (tertiary/aromatic N) is 3. The van der Waals surface area contributed by atoms with Crippen molar-refractivity contribution in [2.45, 2.75) is 37.4 Å². The third-order valence-electron chi connectivity index (χ3n) is 4.99. The van der Waals surface area contributed by atoms with E-state index >= 15 is 0 Å². The summed E-state index contributed by atoms with van der Waals surface area (Å²) in [4.78, 5) is 32.2. The number of hydrogen-bond acceptors (Lipinski definition) is 5. The molecule has 8 heteroatoms. The number of carbonyl (C=O) groups excluding carboxylic acids is 1. The molecule has 1 fully saturated rings. The molecule has 2 aromatic heterocycles. The molecule has 0 radical (unpaired) electrons. The van der Waals surface area contributed by atoms with Gasteiger partial charge >= 0.3 is 0 Å². The molecule has 0 aliphatic carbocycles. The van der Waals surface area contributed by atoms with Crippen LogP contribution in [0.15, 0.2) is 45.7 Å². The Kier molecular flexibility index (Phi) is 5.50. The van der Waals surface area contributed by atoms with Gasteiger partial charge in [-0.15, -0.1) is 11.3 Å². The summed E-state index contributed by atoms with van der Waals surface area (Å²) in [5.41, 5.74) is 0.409. The van der Waals surface area contributed by atoms with E-state index in [9.17, 15) is 14.0 Å². The number of carbonyl (C=O) groups is 1. The number of para-hydroxylation sites is 1. The van der Waals surface area contributed by atoms with Gasteiger partial charge < -0.3 is 4.90 Å². The highest BCUT2D eigenvalue weighted by atomic mass is 32.2. The summed E-state index contributed by atoms with van der Waals surface area (Å²) in [6.07, 6.45) is 3.16. The first-order valence-electron chi connectivity index (χ1n) is 9.23. The topological polar surface area (TPSA) is 55.2 Å². The van der Waals surface area contributed by atoms with Crippen molar-refractivity contribution >= 4 is 39.2 Å². The third-order valence-corrected chi connectivity index (χ3v) is 6.81. The number of halogens is 1. The zero-order valence-electron chi connectivity index (χ0n) is 15.4. The molecule has 28 heavy (non-hydrogen) atoms. The number of likely N-dealkylation sites (tertiary alicyclic amines) is 1. The number of rotatable bonds is 4. The fourth-order valence-corrected chi connectivity index (χ4v) is 5.16. The van der Waals surface area contributed by atoms with E-state index in [-0.39, 0.29) is 28.9 Å². The minimum Gasteiger partial charge on any atom is -0.339 e. The van der Waals surface area contributed by atoms with Crippen molar-refractivity contribution in [3.63, 3.8) is 0 Å². The molecule has 1 amide bonds. The Morgan fingerprint density at radius 2 is 2.14 bits per heavy atom. The number of hydrogen-bond donors (Lipinski definition) is 0. The normalized spacial score (nSPS) is 17.2. The van der Waals surface area contributed by atoms with Crippen LogP contribution in [0.2, 0.25) is 0 Å². The van der Waals surface area contributed by atoms with E-state index in [2.05, 4.69) is 11.9 Å². The number of benzene rings is 1. The van der Waals surface area contributed by atoms with E-state index in [1.807, 2.05) is 4.90 Å². The van der Waals surface area contributed by atoms with Crippen LogP contribution in [0.5, 0.6) is 0 Å². The molecule has 5 nitrogen and oxygen atoms in total. The first-order chi connectivity index (χ1) is 13.6. The van der Waals surface area contributed by atoms with Crippen LogP contribution in [-0.4, -0.2) is 38.7 Å². The van der Waals surface area contributed by atoms with Crippen LogP contribution < -0.4 is 5.56 Å². The highest BCUT2D eigenvalue weighted by Gasteiger charge is 2.24. The smallest absolute Gasteiger partial charge is 0.276 e. The van der Waals surface area contributed by atoms with Gasteiger partial charge in [0.1, 0.15) is 10.5 Å². The molecule has 0 spiro atoms. The van der Waals surface area contributed by atoms with Crippen molar-refractivity contribution in [1.29, 1.82) is 0 Å². The van der Waals surface area contributed by atoms with Gasteiger partial charge in [-0.2, -0.15) is 0 Å². The minimum atomic E-state index is -0.500. The predicted molar refractivity (Wildman–Crippen MR) is 111 cm³/mol. The van der Waals surface area contributed by atoms with E-state index in [0.29, 0.717) is 15.4 Å². The maximum Gasteiger partial charge on any atom is 0.276 e. The largest absolute Gasteiger partial charge is 0.339 e. The van der Waals surface area contributed by atoms with Crippen LogP contribution in [-0.2, 0) is 4.79 Å². The Morgan fingerprint density at radius 3 is 2.93 bits per heavy atom. The van der Waals surface area contributed by atoms with E-state index in [0.717, 1.165) is 25.8 Å². The molecule has 146 valence electrons. The maximum absolute atomic E-state index is 14.4. The van der Waals surface area contributed by atoms with Crippen LogP contribution in [0.1, 0.15) is 26.2 Å². The Hall–Kier alpha value is -2.19. The molecule has 3 heterocycles. The van der Waals surface area contributed by atoms with Crippen molar-refractivity contribution in [3.8, 4) is 5.69 Å². The lowest BCUT2D eigenvalue weighted by Crippen LogP contribution is -2.43. The quantitative estimate of drug-likeness (QED) is 0.474. The number of aromatic nitrogens is 2. The van der Waals surface area contributed by atoms with Crippen LogP contribution >= 0.6 is 23.1 Å². The molecule has 0 unspecified atom stereocenters. The van der Waals surface area contributed by atoms with Crippen LogP contribution in [0, 0.1) is 5.82 Å². The summed E-state index contributed by atoms with van der Waals surface area (Å²) >= 11 is 2.47. The Labute approximate surface area is 170 Å². The first-order valence-corrected chi connectivity index (χ1v) is 11.1. The molecule has 1 atom stereocenters. The van der Waals surface area contributed by atoms with Gasteiger partial charge in [0.2, 0.25) is 5.91 Å². The maximum atomic E-state index is 14.4. The second-order valence-corrected chi connectivity index (χ2v) is 8.70. The van der Waals surface area contributed by atoms with E-state index in [4.69, 9.17) is 0 Å². The monoisotopic (exact) mass is 417 g/mol. The zero-order chi connectivity index (χ0) is 19.7. The van der Waals surface area contributed by atoms with Gasteiger partial charge in [0.05, 0.1) is 17.0 Å². The second kappa shape index (κ2) is 8.05. The van der Waals surface area contributed by atoms with Crippen molar-refractivity contribution in [2.75, 3.05) is 12.3 Å². The Bertz CT molecular complexity index is 1080. The predicted octanol–water partition coefficient (Wildman–Crippen LogP) is 4.08. The van der Waals surface area contributed by atoms with Gasteiger partial charge in [-0.25, -0.2) is 9.37 Å². The summed E-state index contributed by atoms with van der Waals surface area (Å²) in [6.45, 7) is 2.82. The molecule has 0 bridgehead atoms. The van der Waals surface area contributed by atoms with Crippen molar-refractivity contribution in [2.24, 2.45) is 0 Å². The molecule has 1 aliphatic heterocycles. The molecule has 0 saturated carbocycles. The molecule has 3 aromatic rings. The summed E-state index contributed by atoms with van der Waals surface area (Å²) < 4.78 is 16.2. The molecular formula is C20H20FN3O2S2. The van der Waals surface area contributed by atoms with Gasteiger partial charge in [0.15, 0.2) is 5.16 Å². The van der Waals surface area contributed by atoms with Gasteiger partial charge in [-0.1, -0.05) is 23.9 Å². The molecule has 4 rings (SSSR count). The average Bonchev–Trinajstić information content (AvgIpc) is 3.16. The number of amides is 1. The Morgan fingerprint density at radius 1 is 1.32 bits per heavy atom. The number of thioether (sulfide) groups is 1. The van der Waals surface area contributed by atoms with E-state index in [1.54, 1.807) is 29.6 Å². The average molecular weight is 418 g/mol. The SMILES string of the molecule is C[C@H]1CCCCN1C(=O)CSc1nc2ccsc2c(=O)n1-c1ccccc1F. The number of thiophene rings is 1. The van der Waals surface area contributed by atoms with Crippen molar-refractivity contribution < 1.29 is 9.18 Å². The van der Waals surface area contributed by atoms with Gasteiger partial charge in [0.25, 0.3) is 5.56 Å². The summed E-state index contributed by atoms with van der Waals surface area (Å²) in [5, 5.41) is 2.12. The molecule has 1 aliphatic rings. The van der Waals surface area contributed by atoms with Gasteiger partial charge in [-0.3, -0.25) is 14.2 Å². The minimum absolute atomic E-state index is 0.0250. The zero-order valence-corrected chi connectivity index (χ0v) is 17.1. The lowest BCUT2D eigenvalue weighted by atomic mass is 10.0. The highest BCUT2D eigenvalue weighted by Crippen LogP contribution is 2.26. The summed E-state index contributed by atoms with van der Waals surface area (Å²) in [6, 6.07) is 8.12. The van der Waals surface area contributed by atoms with E-state index < -0.39 is 5.82 Å². The molecule has 0 N–H and O–H groups in total. The highest BCUT2D eigenvalue weighted by molar-refractivity contribution is 7.99. The van der Waals surface area contributed by atoms with Crippen molar-refractivity contribution in [3.05, 3.63) is 51.9 Å². The van der Waals surface area contributed by atoms with Gasteiger partial charge in [0, 0.05) is 12.6 Å². The number of fused-ring (bicyclic) bond motifs is 1. The van der Waals surface area contributed by atoms with Gasteiger partial charge in [-0.05, 0) is 49.8 Å². The third kappa shape index (κ3) is 3.58. The van der Waals surface area contributed by atoms with Crippen LogP contribution in [0.25, 0.3) is 15.9 Å². The Balaban J connectivity index is 1.70. The fraction of sp³-hybridized carbons (Fsp3) is 0.350. The lowest BCUT2D eigenvalue weighted by Gasteiger charge is -2.33. The molecule has 1 aromatic carbocycles. The summed E-state index contributed by atoms with van der Waals surface area (Å²) in [5.74, 6) is -0.307. The second-order valence-electron chi connectivity index (χ2n) is 6.84. The van der Waals surface area contributed by atoms with E-state index in [1.165, 1.54) is 33.7 Å². The first kappa shape index (κ1) is 19.1. The lowest BCUT2D eigenvalue weighted by molar-refractivity contribution is -0.131. The number of piperidine rings is 1. The molecule has 1 saturated heterocycles. The van der Waals surface area contributed by atoms with Crippen LogP contribution in [0.4, 0.5) is 4.39 Å². The standard InChI is InChI=1S/C20H20FN3O2S2/c1-13-6-4-5-10-23(13)17(25)12-28-20-22-15-9-11-27-18(15)19(26)24(20)16-8-3-2-7-14(16)21/h2-3,7-9,11,13H,4-6,10,12H2,1H3/t13-/m0/s1. The van der Waals surface area contributed by atoms with Crippen molar-refractivity contribution in [1.82, 2.24) is 14.5 Å². The van der Waals surface area contributed by atoms with Crippen LogP contribution in [0.3, 0.4) is 0 Å².